The molecule has 0 saturated heterocycles. The lowest BCUT2D eigenvalue weighted by Gasteiger charge is -2.34. The standard InChI is InChI=1S/C26H25F4NO5/c1-14-4-3-5-20(15(14)2)31-22(32)13-34-18-10-11-19-21(12-18)36-25(26(28,29)30)24(23(19)33)35-17-8-6-16(27)7-9-17/h6-12,14-15,20H,3-5,13H2,1-2H3,(H,31,32). The molecule has 192 valence electrons. The Morgan fingerprint density at radius 3 is 2.47 bits per heavy atom. The van der Waals surface area contributed by atoms with Crippen LogP contribution in [0.4, 0.5) is 17.6 Å². The molecular weight excluding hydrogens is 482 g/mol. The molecule has 0 aliphatic heterocycles. The summed E-state index contributed by atoms with van der Waals surface area (Å²) in [7, 11) is 0. The third-order valence-corrected chi connectivity index (χ3v) is 6.54. The molecule has 0 radical (unpaired) electrons. The second-order valence-electron chi connectivity index (χ2n) is 9.03. The summed E-state index contributed by atoms with van der Waals surface area (Å²) >= 11 is 0. The molecule has 2 aromatic carbocycles. The molecule has 1 fully saturated rings. The first kappa shape index (κ1) is 25.5. The molecule has 3 aromatic rings. The molecule has 6 nitrogen and oxygen atoms in total. The minimum absolute atomic E-state index is 0.0355. The highest BCUT2D eigenvalue weighted by molar-refractivity contribution is 5.81. The predicted molar refractivity (Wildman–Crippen MR) is 124 cm³/mol. The van der Waals surface area contributed by atoms with Crippen molar-refractivity contribution >= 4 is 16.9 Å². The largest absolute Gasteiger partial charge is 0.484 e. The van der Waals surface area contributed by atoms with E-state index in [-0.39, 0.29) is 41.0 Å². The van der Waals surface area contributed by atoms with Crippen LogP contribution in [0, 0.1) is 17.7 Å². The second kappa shape index (κ2) is 10.2. The molecule has 1 aliphatic carbocycles. The van der Waals surface area contributed by atoms with Crippen molar-refractivity contribution < 1.29 is 36.2 Å². The molecule has 1 N–H and O–H groups in total. The molecule has 1 aromatic heterocycles. The van der Waals surface area contributed by atoms with E-state index < -0.39 is 28.9 Å². The molecule has 1 amide bonds. The highest BCUT2D eigenvalue weighted by Crippen LogP contribution is 2.38. The van der Waals surface area contributed by atoms with E-state index in [0.29, 0.717) is 11.8 Å². The average molecular weight is 507 g/mol. The number of fused-ring (bicyclic) bond motifs is 1. The van der Waals surface area contributed by atoms with Crippen LogP contribution in [0.1, 0.15) is 38.9 Å². The van der Waals surface area contributed by atoms with Crippen LogP contribution in [-0.4, -0.2) is 18.6 Å². The molecule has 1 aliphatic rings. The fourth-order valence-corrected chi connectivity index (χ4v) is 4.33. The van der Waals surface area contributed by atoms with Crippen LogP contribution >= 0.6 is 0 Å². The molecule has 3 atom stereocenters. The summed E-state index contributed by atoms with van der Waals surface area (Å²) in [6.45, 7) is 3.89. The highest BCUT2D eigenvalue weighted by atomic mass is 19.4. The quantitative estimate of drug-likeness (QED) is 0.410. The first-order valence-corrected chi connectivity index (χ1v) is 11.6. The van der Waals surface area contributed by atoms with Crippen molar-refractivity contribution in [1.82, 2.24) is 5.32 Å². The normalized spacial score (nSPS) is 20.2. The summed E-state index contributed by atoms with van der Waals surface area (Å²) in [6.07, 6.45) is -2.04. The van der Waals surface area contributed by atoms with Crippen LogP contribution in [0.25, 0.3) is 11.0 Å². The Labute approximate surface area is 204 Å². The van der Waals surface area contributed by atoms with Crippen molar-refractivity contribution in [3.05, 3.63) is 64.3 Å². The number of alkyl halides is 3. The summed E-state index contributed by atoms with van der Waals surface area (Å²) in [5.41, 5.74) is -1.44. The van der Waals surface area contributed by atoms with E-state index in [0.717, 1.165) is 49.6 Å². The molecule has 36 heavy (non-hydrogen) atoms. The molecule has 4 rings (SSSR count). The number of nitrogens with one attached hydrogen (secondary N) is 1. The van der Waals surface area contributed by atoms with Gasteiger partial charge in [-0.2, -0.15) is 13.2 Å². The number of ether oxygens (including phenoxy) is 2. The Morgan fingerprint density at radius 2 is 1.78 bits per heavy atom. The highest BCUT2D eigenvalue weighted by Gasteiger charge is 2.40. The van der Waals surface area contributed by atoms with Crippen molar-refractivity contribution in [1.29, 1.82) is 0 Å². The maximum absolute atomic E-state index is 13.7. The summed E-state index contributed by atoms with van der Waals surface area (Å²) < 4.78 is 69.9. The summed E-state index contributed by atoms with van der Waals surface area (Å²) in [6, 6.07) is 7.90. The molecule has 10 heteroatoms. The van der Waals surface area contributed by atoms with E-state index in [1.165, 1.54) is 12.1 Å². The SMILES string of the molecule is CC1CCCC(NC(=O)COc2ccc3c(=O)c(Oc4ccc(F)cc4)c(C(F)(F)F)oc3c2)C1C. The van der Waals surface area contributed by atoms with Crippen molar-refractivity contribution in [2.45, 2.75) is 45.3 Å². The smallest absolute Gasteiger partial charge is 0.453 e. The van der Waals surface area contributed by atoms with Gasteiger partial charge in [0, 0.05) is 12.1 Å². The van der Waals surface area contributed by atoms with Crippen LogP contribution in [0.5, 0.6) is 17.2 Å². The van der Waals surface area contributed by atoms with Gasteiger partial charge in [-0.05, 0) is 54.7 Å². The van der Waals surface area contributed by atoms with E-state index in [2.05, 4.69) is 19.2 Å². The molecule has 0 spiro atoms. The van der Waals surface area contributed by atoms with Crippen LogP contribution < -0.4 is 20.2 Å². The van der Waals surface area contributed by atoms with Gasteiger partial charge in [0.2, 0.25) is 11.2 Å². The van der Waals surface area contributed by atoms with Crippen LogP contribution in [0.3, 0.4) is 0 Å². The van der Waals surface area contributed by atoms with Gasteiger partial charge in [0.25, 0.3) is 11.7 Å². The summed E-state index contributed by atoms with van der Waals surface area (Å²) in [5.74, 6) is -2.95. The Morgan fingerprint density at radius 1 is 1.08 bits per heavy atom. The zero-order chi connectivity index (χ0) is 26.0. The van der Waals surface area contributed by atoms with Crippen molar-refractivity contribution in [3.63, 3.8) is 0 Å². The Kier molecular flexibility index (Phi) is 7.23. The van der Waals surface area contributed by atoms with Gasteiger partial charge in [-0.3, -0.25) is 9.59 Å². The number of carbonyl (C=O) groups is 1. The first-order valence-electron chi connectivity index (χ1n) is 11.6. The second-order valence-corrected chi connectivity index (χ2v) is 9.03. The first-order chi connectivity index (χ1) is 17.0. The maximum atomic E-state index is 13.7. The van der Waals surface area contributed by atoms with Gasteiger partial charge in [0.05, 0.1) is 5.39 Å². The van der Waals surface area contributed by atoms with Gasteiger partial charge in [-0.25, -0.2) is 4.39 Å². The van der Waals surface area contributed by atoms with E-state index >= 15 is 0 Å². The number of amides is 1. The van der Waals surface area contributed by atoms with E-state index in [9.17, 15) is 27.2 Å². The van der Waals surface area contributed by atoms with Crippen molar-refractivity contribution in [2.75, 3.05) is 6.61 Å². The predicted octanol–water partition coefficient (Wildman–Crippen LogP) is 6.06. The fraction of sp³-hybridized carbons (Fsp3) is 0.385. The molecular formula is C26H25F4NO5. The third-order valence-electron chi connectivity index (χ3n) is 6.54. The zero-order valence-corrected chi connectivity index (χ0v) is 19.7. The summed E-state index contributed by atoms with van der Waals surface area (Å²) in [5, 5.41) is 2.77. The van der Waals surface area contributed by atoms with E-state index in [4.69, 9.17) is 13.9 Å². The Bertz CT molecular complexity index is 1300. The number of halogens is 4. The molecule has 3 unspecified atom stereocenters. The van der Waals surface area contributed by atoms with Gasteiger partial charge in [-0.1, -0.05) is 26.7 Å². The van der Waals surface area contributed by atoms with Gasteiger partial charge in [0.1, 0.15) is 22.9 Å². The number of rotatable bonds is 6. The summed E-state index contributed by atoms with van der Waals surface area (Å²) in [4.78, 5) is 25.2. The Balaban J connectivity index is 1.55. The van der Waals surface area contributed by atoms with Crippen LogP contribution in [0.15, 0.2) is 51.7 Å². The molecule has 1 heterocycles. The monoisotopic (exact) mass is 507 g/mol. The van der Waals surface area contributed by atoms with Crippen LogP contribution in [-0.2, 0) is 11.0 Å². The average Bonchev–Trinajstić information content (AvgIpc) is 2.83. The van der Waals surface area contributed by atoms with Gasteiger partial charge >= 0.3 is 6.18 Å². The number of carbonyl (C=O) groups excluding carboxylic acids is 1. The molecule has 0 bridgehead atoms. The van der Waals surface area contributed by atoms with Gasteiger partial charge in [-0.15, -0.1) is 0 Å². The lowest BCUT2D eigenvalue weighted by molar-refractivity contribution is -0.154. The Hall–Kier alpha value is -3.56. The maximum Gasteiger partial charge on any atom is 0.453 e. The van der Waals surface area contributed by atoms with Crippen molar-refractivity contribution in [3.8, 4) is 17.2 Å². The van der Waals surface area contributed by atoms with E-state index in [1.807, 2.05) is 0 Å². The van der Waals surface area contributed by atoms with Crippen molar-refractivity contribution in [2.24, 2.45) is 11.8 Å². The number of hydrogen-bond acceptors (Lipinski definition) is 5. The minimum atomic E-state index is -5.05. The van der Waals surface area contributed by atoms with E-state index in [1.54, 1.807) is 0 Å². The number of hydrogen-bond donors (Lipinski definition) is 1. The third kappa shape index (κ3) is 5.63. The zero-order valence-electron chi connectivity index (χ0n) is 19.7. The number of benzene rings is 2. The lowest BCUT2D eigenvalue weighted by atomic mass is 9.78. The van der Waals surface area contributed by atoms with Crippen LogP contribution in [0.2, 0.25) is 0 Å². The van der Waals surface area contributed by atoms with Gasteiger partial charge in [0.15, 0.2) is 6.61 Å². The minimum Gasteiger partial charge on any atom is -0.484 e. The topological polar surface area (TPSA) is 77.8 Å². The fourth-order valence-electron chi connectivity index (χ4n) is 4.33. The molecule has 1 saturated carbocycles. The van der Waals surface area contributed by atoms with Gasteiger partial charge < -0.3 is 19.2 Å². The lowest BCUT2D eigenvalue weighted by Crippen LogP contribution is -2.45.